The van der Waals surface area contributed by atoms with Gasteiger partial charge >= 0.3 is 0 Å². The van der Waals surface area contributed by atoms with Gasteiger partial charge in [0.2, 0.25) is 0 Å². The van der Waals surface area contributed by atoms with E-state index in [0.717, 1.165) is 23.7 Å². The van der Waals surface area contributed by atoms with E-state index >= 15 is 0 Å². The van der Waals surface area contributed by atoms with Crippen molar-refractivity contribution in [1.82, 2.24) is 10.3 Å². The van der Waals surface area contributed by atoms with Gasteiger partial charge in [0.25, 0.3) is 5.91 Å². The molecule has 1 amide bonds. The van der Waals surface area contributed by atoms with E-state index in [1.807, 2.05) is 6.07 Å². The van der Waals surface area contributed by atoms with Crippen LogP contribution in [0.3, 0.4) is 0 Å². The number of hydrogen-bond acceptors (Lipinski definition) is 3. The lowest BCUT2D eigenvalue weighted by Gasteiger charge is -2.31. The maximum absolute atomic E-state index is 12.1. The fourth-order valence-corrected chi connectivity index (χ4v) is 2.67. The van der Waals surface area contributed by atoms with Crippen LogP contribution in [0, 0.1) is 5.92 Å². The summed E-state index contributed by atoms with van der Waals surface area (Å²) >= 11 is 3.30. The van der Waals surface area contributed by atoms with E-state index in [2.05, 4.69) is 26.2 Å². The average Bonchev–Trinajstić information content (AvgIpc) is 2.40. The van der Waals surface area contributed by atoms with E-state index in [-0.39, 0.29) is 36.8 Å². The first-order chi connectivity index (χ1) is 8.70. The highest BCUT2D eigenvalue weighted by Gasteiger charge is 2.25. The molecule has 2 unspecified atom stereocenters. The molecule has 1 saturated carbocycles. The number of carbonyl (C=O) groups excluding carboxylic acids is 1. The summed E-state index contributed by atoms with van der Waals surface area (Å²) in [6.45, 7) is 0.638. The molecule has 3 N–H and O–H groups in total. The Kier molecular flexibility index (Phi) is 9.38. The molecule has 0 radical (unpaired) electrons. The quantitative estimate of drug-likeness (QED) is 0.841. The molecule has 4 nitrogen and oxygen atoms in total. The molecule has 1 aromatic heterocycles. The second kappa shape index (κ2) is 9.55. The van der Waals surface area contributed by atoms with Crippen molar-refractivity contribution < 1.29 is 4.79 Å². The van der Waals surface area contributed by atoms with Crippen LogP contribution in [0.1, 0.15) is 36.2 Å². The Morgan fingerprint density at radius 3 is 2.65 bits per heavy atom. The van der Waals surface area contributed by atoms with Gasteiger partial charge in [-0.15, -0.1) is 24.8 Å². The third-order valence-electron chi connectivity index (χ3n) is 3.49. The van der Waals surface area contributed by atoms with Crippen molar-refractivity contribution in [3.05, 3.63) is 28.5 Å². The lowest BCUT2D eigenvalue weighted by Crippen LogP contribution is -2.44. The standard InChI is InChI=1S/C13H18BrN3O.2ClH/c14-10-5-6-12(16-8-10)13(18)17-11-4-2-1-3-9(11)7-15;;/h5-6,8-9,11H,1-4,7,15H2,(H,17,18);2*1H. The fourth-order valence-electron chi connectivity index (χ4n) is 2.43. The van der Waals surface area contributed by atoms with Gasteiger partial charge < -0.3 is 11.1 Å². The van der Waals surface area contributed by atoms with Gasteiger partial charge in [-0.3, -0.25) is 4.79 Å². The van der Waals surface area contributed by atoms with E-state index in [9.17, 15) is 4.79 Å². The summed E-state index contributed by atoms with van der Waals surface area (Å²) in [5.74, 6) is 0.297. The highest BCUT2D eigenvalue weighted by Crippen LogP contribution is 2.23. The summed E-state index contributed by atoms with van der Waals surface area (Å²) < 4.78 is 0.872. The number of carbonyl (C=O) groups is 1. The van der Waals surface area contributed by atoms with Crippen molar-refractivity contribution in [2.75, 3.05) is 6.54 Å². The summed E-state index contributed by atoms with van der Waals surface area (Å²) in [7, 11) is 0. The average molecular weight is 385 g/mol. The van der Waals surface area contributed by atoms with Crippen LogP contribution < -0.4 is 11.1 Å². The minimum atomic E-state index is -0.104. The predicted molar refractivity (Wildman–Crippen MR) is 88.7 cm³/mol. The van der Waals surface area contributed by atoms with Crippen molar-refractivity contribution in [1.29, 1.82) is 0 Å². The second-order valence-corrected chi connectivity index (χ2v) is 5.64. The number of amides is 1. The molecule has 1 fully saturated rings. The van der Waals surface area contributed by atoms with Crippen molar-refractivity contribution in [2.45, 2.75) is 31.7 Å². The van der Waals surface area contributed by atoms with Gasteiger partial charge in [0.1, 0.15) is 5.69 Å². The van der Waals surface area contributed by atoms with Crippen LogP contribution in [-0.2, 0) is 0 Å². The number of rotatable bonds is 3. The van der Waals surface area contributed by atoms with E-state index in [4.69, 9.17) is 5.73 Å². The molecule has 0 aliphatic heterocycles. The number of nitrogens with two attached hydrogens (primary N) is 1. The predicted octanol–water partition coefficient (Wildman–Crippen LogP) is 2.94. The summed E-state index contributed by atoms with van der Waals surface area (Å²) in [6.07, 6.45) is 6.13. The van der Waals surface area contributed by atoms with Gasteiger partial charge in [-0.2, -0.15) is 0 Å². The van der Waals surface area contributed by atoms with Gasteiger partial charge in [0.15, 0.2) is 0 Å². The van der Waals surface area contributed by atoms with Crippen LogP contribution in [0.2, 0.25) is 0 Å². The number of nitrogens with one attached hydrogen (secondary N) is 1. The Morgan fingerprint density at radius 2 is 2.05 bits per heavy atom. The van der Waals surface area contributed by atoms with Crippen LogP contribution in [0.4, 0.5) is 0 Å². The topological polar surface area (TPSA) is 68.0 Å². The minimum absolute atomic E-state index is 0. The summed E-state index contributed by atoms with van der Waals surface area (Å²) in [5.41, 5.74) is 6.21. The molecule has 7 heteroatoms. The van der Waals surface area contributed by atoms with Crippen LogP contribution >= 0.6 is 40.7 Å². The highest BCUT2D eigenvalue weighted by atomic mass is 79.9. The van der Waals surface area contributed by atoms with Gasteiger partial charge in [-0.25, -0.2) is 4.98 Å². The fraction of sp³-hybridized carbons (Fsp3) is 0.538. The normalized spacial score (nSPS) is 21.3. The first kappa shape index (κ1) is 19.6. The molecule has 1 aromatic rings. The molecular formula is C13H20BrCl2N3O. The Morgan fingerprint density at radius 1 is 1.35 bits per heavy atom. The van der Waals surface area contributed by atoms with Crippen molar-refractivity contribution in [3.63, 3.8) is 0 Å². The number of nitrogens with zero attached hydrogens (tertiary/aromatic N) is 1. The Labute approximate surface area is 140 Å². The zero-order chi connectivity index (χ0) is 13.0. The Balaban J connectivity index is 0.00000180. The lowest BCUT2D eigenvalue weighted by molar-refractivity contribution is 0.0903. The molecular weight excluding hydrogens is 365 g/mol. The molecule has 1 aliphatic carbocycles. The molecule has 1 heterocycles. The Bertz CT molecular complexity index is 417. The molecule has 20 heavy (non-hydrogen) atoms. The highest BCUT2D eigenvalue weighted by molar-refractivity contribution is 9.10. The van der Waals surface area contributed by atoms with Crippen LogP contribution in [0.5, 0.6) is 0 Å². The zero-order valence-corrected chi connectivity index (χ0v) is 14.3. The smallest absolute Gasteiger partial charge is 0.270 e. The first-order valence-corrected chi connectivity index (χ1v) is 7.12. The van der Waals surface area contributed by atoms with E-state index in [0.29, 0.717) is 18.2 Å². The van der Waals surface area contributed by atoms with E-state index in [1.54, 1.807) is 12.3 Å². The molecule has 0 saturated heterocycles. The van der Waals surface area contributed by atoms with Crippen LogP contribution in [-0.4, -0.2) is 23.5 Å². The Hall–Kier alpha value is -0.360. The van der Waals surface area contributed by atoms with Gasteiger partial charge in [-0.1, -0.05) is 12.8 Å². The lowest BCUT2D eigenvalue weighted by atomic mass is 9.84. The SMILES string of the molecule is Cl.Cl.NCC1CCCCC1NC(=O)c1ccc(Br)cn1. The molecule has 1 aliphatic rings. The molecule has 114 valence electrons. The number of aromatic nitrogens is 1. The number of halogens is 3. The van der Waals surface area contributed by atoms with Crippen molar-refractivity contribution in [2.24, 2.45) is 11.7 Å². The summed E-state index contributed by atoms with van der Waals surface area (Å²) in [6, 6.07) is 3.74. The number of pyridine rings is 1. The zero-order valence-electron chi connectivity index (χ0n) is 11.0. The van der Waals surface area contributed by atoms with Crippen molar-refractivity contribution >= 4 is 46.7 Å². The molecule has 2 atom stereocenters. The maximum Gasteiger partial charge on any atom is 0.270 e. The van der Waals surface area contributed by atoms with Gasteiger partial charge in [0.05, 0.1) is 0 Å². The second-order valence-electron chi connectivity index (χ2n) is 4.72. The van der Waals surface area contributed by atoms with Gasteiger partial charge in [0, 0.05) is 16.7 Å². The molecule has 2 rings (SSSR count). The molecule has 0 bridgehead atoms. The summed E-state index contributed by atoms with van der Waals surface area (Å²) in [4.78, 5) is 16.2. The largest absolute Gasteiger partial charge is 0.348 e. The number of hydrogen-bond donors (Lipinski definition) is 2. The minimum Gasteiger partial charge on any atom is -0.348 e. The maximum atomic E-state index is 12.1. The first-order valence-electron chi connectivity index (χ1n) is 6.33. The van der Waals surface area contributed by atoms with Crippen molar-refractivity contribution in [3.8, 4) is 0 Å². The monoisotopic (exact) mass is 383 g/mol. The third-order valence-corrected chi connectivity index (χ3v) is 3.96. The van der Waals surface area contributed by atoms with E-state index in [1.165, 1.54) is 6.42 Å². The molecule has 0 spiro atoms. The third kappa shape index (κ3) is 5.20. The molecule has 0 aromatic carbocycles. The summed E-state index contributed by atoms with van der Waals surface area (Å²) in [5, 5.41) is 3.06. The van der Waals surface area contributed by atoms with Gasteiger partial charge in [-0.05, 0) is 53.4 Å². The van der Waals surface area contributed by atoms with Crippen LogP contribution in [0.15, 0.2) is 22.8 Å². The van der Waals surface area contributed by atoms with Crippen LogP contribution in [0.25, 0.3) is 0 Å². The van der Waals surface area contributed by atoms with E-state index < -0.39 is 0 Å².